The lowest BCUT2D eigenvalue weighted by Gasteiger charge is -2.18. The molecule has 3 heteroatoms. The maximum atomic E-state index is 4.76. The lowest BCUT2D eigenvalue weighted by atomic mass is 9.97. The summed E-state index contributed by atoms with van der Waals surface area (Å²) in [7, 11) is 0. The van der Waals surface area contributed by atoms with E-state index in [2.05, 4.69) is 149 Å². The molecule has 0 spiro atoms. The first kappa shape index (κ1) is 22.1. The van der Waals surface area contributed by atoms with Crippen LogP contribution in [0.2, 0.25) is 0 Å². The molecule has 0 aliphatic carbocycles. The van der Waals surface area contributed by atoms with Crippen LogP contribution in [-0.2, 0) is 0 Å². The molecule has 3 nitrogen and oxygen atoms in total. The molecular weight excluding hydrogens is 462 g/mol. The first-order valence-electron chi connectivity index (χ1n) is 12.8. The zero-order valence-electron chi connectivity index (χ0n) is 20.8. The molecule has 38 heavy (non-hydrogen) atoms. The molecule has 0 saturated carbocycles. The maximum absolute atomic E-state index is 4.76. The zero-order chi connectivity index (χ0) is 25.3. The molecule has 2 aromatic heterocycles. The molecule has 0 bridgehead atoms. The number of fused-ring (bicyclic) bond motifs is 1. The van der Waals surface area contributed by atoms with Crippen LogP contribution < -0.4 is 0 Å². The monoisotopic (exact) mass is 487 g/mol. The summed E-state index contributed by atoms with van der Waals surface area (Å²) < 4.78 is 4.60. The van der Waals surface area contributed by atoms with Gasteiger partial charge in [0.15, 0.2) is 0 Å². The van der Waals surface area contributed by atoms with Crippen molar-refractivity contribution in [1.82, 2.24) is 14.1 Å². The number of benzene rings is 5. The first-order chi connectivity index (χ1) is 18.9. The van der Waals surface area contributed by atoms with Crippen molar-refractivity contribution in [2.75, 3.05) is 0 Å². The third-order valence-corrected chi connectivity index (χ3v) is 7.04. The van der Waals surface area contributed by atoms with E-state index >= 15 is 0 Å². The normalized spacial score (nSPS) is 11.2. The van der Waals surface area contributed by atoms with Gasteiger partial charge >= 0.3 is 0 Å². The Kier molecular flexibility index (Phi) is 5.45. The van der Waals surface area contributed by atoms with Crippen LogP contribution in [0.5, 0.6) is 0 Å². The highest BCUT2D eigenvalue weighted by molar-refractivity contribution is 6.06. The van der Waals surface area contributed by atoms with Gasteiger partial charge in [0.2, 0.25) is 0 Å². The van der Waals surface area contributed by atoms with Gasteiger partial charge in [-0.15, -0.1) is 0 Å². The predicted molar refractivity (Wildman–Crippen MR) is 157 cm³/mol. The van der Waals surface area contributed by atoms with Gasteiger partial charge in [-0.25, -0.2) is 4.98 Å². The van der Waals surface area contributed by atoms with Crippen molar-refractivity contribution < 1.29 is 0 Å². The van der Waals surface area contributed by atoms with Gasteiger partial charge in [0.05, 0.1) is 16.9 Å². The summed E-state index contributed by atoms with van der Waals surface area (Å²) in [5.41, 5.74) is 9.19. The Labute approximate surface area is 221 Å². The number of aromatic nitrogens is 3. The number of imidazole rings is 1. The largest absolute Gasteiger partial charge is 0.309 e. The lowest BCUT2D eigenvalue weighted by Crippen LogP contribution is -2.03. The van der Waals surface area contributed by atoms with Crippen LogP contribution in [0.15, 0.2) is 152 Å². The highest BCUT2D eigenvalue weighted by atomic mass is 15.1. The van der Waals surface area contributed by atoms with E-state index in [0.29, 0.717) is 0 Å². The standard InChI is InChI=1S/C35H25N3/c1-4-14-26(15-5-1)33-29-20-10-13-23-32(29)38(28-18-8-3-9-19-28)34(33)30-21-11-12-22-31(30)37-25-24-36-35(37)27-16-6-2-7-17-27/h1-25H. The van der Waals surface area contributed by atoms with E-state index in [0.717, 1.165) is 34.0 Å². The molecule has 0 radical (unpaired) electrons. The fourth-order valence-corrected chi connectivity index (χ4v) is 5.42. The molecule has 0 saturated heterocycles. The average Bonchev–Trinajstić information content (AvgIpc) is 3.62. The minimum absolute atomic E-state index is 0.918. The summed E-state index contributed by atoms with van der Waals surface area (Å²) in [5, 5.41) is 1.22. The molecule has 0 atom stereocenters. The minimum Gasteiger partial charge on any atom is -0.309 e. The number of hydrogen-bond donors (Lipinski definition) is 0. The summed E-state index contributed by atoms with van der Waals surface area (Å²) in [6.07, 6.45) is 3.93. The molecule has 0 aliphatic heterocycles. The topological polar surface area (TPSA) is 22.8 Å². The van der Waals surface area contributed by atoms with Crippen LogP contribution in [-0.4, -0.2) is 14.1 Å². The zero-order valence-corrected chi connectivity index (χ0v) is 20.8. The molecule has 2 heterocycles. The van der Waals surface area contributed by atoms with Crippen molar-refractivity contribution in [1.29, 1.82) is 0 Å². The molecule has 7 aromatic rings. The van der Waals surface area contributed by atoms with E-state index in [9.17, 15) is 0 Å². The third-order valence-electron chi connectivity index (χ3n) is 7.04. The minimum atomic E-state index is 0.918. The number of hydrogen-bond acceptors (Lipinski definition) is 1. The SMILES string of the molecule is c1ccc(-c2c(-c3ccccc3-n3ccnc3-c3ccccc3)n(-c3ccccc3)c3ccccc23)cc1. The van der Waals surface area contributed by atoms with Gasteiger partial charge in [-0.1, -0.05) is 115 Å². The molecule has 0 aliphatic rings. The average molecular weight is 488 g/mol. The molecule has 0 amide bonds. The summed E-state index contributed by atoms with van der Waals surface area (Å²) in [6, 6.07) is 49.0. The van der Waals surface area contributed by atoms with Crippen LogP contribution in [0.25, 0.3) is 56.0 Å². The van der Waals surface area contributed by atoms with E-state index in [-0.39, 0.29) is 0 Å². The van der Waals surface area contributed by atoms with E-state index in [1.165, 1.54) is 22.0 Å². The Balaban J connectivity index is 1.59. The number of rotatable bonds is 5. The predicted octanol–water partition coefficient (Wildman–Crippen LogP) is 8.82. The van der Waals surface area contributed by atoms with Gasteiger partial charge in [-0.05, 0) is 29.8 Å². The maximum Gasteiger partial charge on any atom is 0.144 e. The number of nitrogens with zero attached hydrogens (tertiary/aromatic N) is 3. The van der Waals surface area contributed by atoms with Gasteiger partial charge in [0, 0.05) is 40.2 Å². The van der Waals surface area contributed by atoms with Crippen LogP contribution in [0, 0.1) is 0 Å². The van der Waals surface area contributed by atoms with Gasteiger partial charge in [0.1, 0.15) is 5.82 Å². The second-order valence-electron chi connectivity index (χ2n) is 9.28. The van der Waals surface area contributed by atoms with Crippen LogP contribution in [0.4, 0.5) is 0 Å². The molecule has 5 aromatic carbocycles. The Morgan fingerprint density at radius 2 is 1.13 bits per heavy atom. The van der Waals surface area contributed by atoms with E-state index in [1.807, 2.05) is 12.3 Å². The summed E-state index contributed by atoms with van der Waals surface area (Å²) in [6.45, 7) is 0. The molecule has 7 rings (SSSR count). The summed E-state index contributed by atoms with van der Waals surface area (Å²) in [4.78, 5) is 4.76. The second-order valence-corrected chi connectivity index (χ2v) is 9.28. The highest BCUT2D eigenvalue weighted by Gasteiger charge is 2.23. The van der Waals surface area contributed by atoms with Gasteiger partial charge in [-0.2, -0.15) is 0 Å². The third kappa shape index (κ3) is 3.64. The lowest BCUT2D eigenvalue weighted by molar-refractivity contribution is 1.06. The highest BCUT2D eigenvalue weighted by Crippen LogP contribution is 2.44. The first-order valence-corrected chi connectivity index (χ1v) is 12.8. The smallest absolute Gasteiger partial charge is 0.144 e. The Morgan fingerprint density at radius 3 is 1.89 bits per heavy atom. The number of para-hydroxylation sites is 3. The van der Waals surface area contributed by atoms with Crippen LogP contribution in [0.3, 0.4) is 0 Å². The fraction of sp³-hybridized carbons (Fsp3) is 0. The van der Waals surface area contributed by atoms with Crippen molar-refractivity contribution >= 4 is 10.9 Å². The molecule has 180 valence electrons. The van der Waals surface area contributed by atoms with Crippen LogP contribution >= 0.6 is 0 Å². The molecule has 0 unspecified atom stereocenters. The molecular formula is C35H25N3. The second kappa shape index (κ2) is 9.38. The fourth-order valence-electron chi connectivity index (χ4n) is 5.42. The van der Waals surface area contributed by atoms with Gasteiger partial charge in [-0.3, -0.25) is 4.57 Å². The van der Waals surface area contributed by atoms with E-state index in [4.69, 9.17) is 4.98 Å². The van der Waals surface area contributed by atoms with Crippen molar-refractivity contribution in [3.05, 3.63) is 152 Å². The van der Waals surface area contributed by atoms with Gasteiger partial charge < -0.3 is 4.57 Å². The van der Waals surface area contributed by atoms with E-state index < -0.39 is 0 Å². The molecule has 0 N–H and O–H groups in total. The molecule has 0 fully saturated rings. The van der Waals surface area contributed by atoms with Crippen molar-refractivity contribution in [3.8, 4) is 45.1 Å². The Bertz CT molecular complexity index is 1770. The van der Waals surface area contributed by atoms with Crippen molar-refractivity contribution in [3.63, 3.8) is 0 Å². The quantitative estimate of drug-likeness (QED) is 0.238. The van der Waals surface area contributed by atoms with Crippen molar-refractivity contribution in [2.45, 2.75) is 0 Å². The Morgan fingerprint density at radius 1 is 0.526 bits per heavy atom. The summed E-state index contributed by atoms with van der Waals surface area (Å²) >= 11 is 0. The summed E-state index contributed by atoms with van der Waals surface area (Å²) in [5.74, 6) is 0.918. The Hall–Kier alpha value is -5.15. The van der Waals surface area contributed by atoms with Gasteiger partial charge in [0.25, 0.3) is 0 Å². The van der Waals surface area contributed by atoms with Crippen LogP contribution in [0.1, 0.15) is 0 Å². The van der Waals surface area contributed by atoms with E-state index in [1.54, 1.807) is 0 Å². The van der Waals surface area contributed by atoms with Crippen molar-refractivity contribution in [2.24, 2.45) is 0 Å².